The molecule has 0 spiro atoms. The molecule has 2 atom stereocenters. The lowest BCUT2D eigenvalue weighted by molar-refractivity contribution is -0.140. The molecule has 2 unspecified atom stereocenters. The average Bonchev–Trinajstić information content (AvgIpc) is 2.51. The topological polar surface area (TPSA) is 38.0 Å². The Bertz CT molecular complexity index is 748. The molecule has 8 heteroatoms. The Labute approximate surface area is 150 Å². The second kappa shape index (κ2) is 7.80. The maximum Gasteiger partial charge on any atom is 0.419 e. The van der Waals surface area contributed by atoms with Gasteiger partial charge in [-0.1, -0.05) is 28.1 Å². The van der Waals surface area contributed by atoms with Crippen LogP contribution in [0.3, 0.4) is 0 Å². The number of rotatable bonds is 5. The first-order valence-electron chi connectivity index (χ1n) is 7.41. The van der Waals surface area contributed by atoms with Gasteiger partial charge >= 0.3 is 6.18 Å². The molecule has 3 N–H and O–H groups in total. The fourth-order valence-corrected chi connectivity index (χ4v) is 3.12. The molecule has 2 aromatic carbocycles. The summed E-state index contributed by atoms with van der Waals surface area (Å²) in [7, 11) is 0. The van der Waals surface area contributed by atoms with Crippen molar-refractivity contribution in [2.45, 2.75) is 25.2 Å². The van der Waals surface area contributed by atoms with E-state index in [2.05, 4.69) is 21.2 Å². The van der Waals surface area contributed by atoms with Crippen LogP contribution in [0.4, 0.5) is 22.0 Å². The van der Waals surface area contributed by atoms with Crippen molar-refractivity contribution in [2.24, 2.45) is 5.73 Å². The number of hydrogen-bond donors (Lipinski definition) is 2. The highest BCUT2D eigenvalue weighted by Gasteiger charge is 2.34. The molecule has 0 aliphatic carbocycles. The molecule has 0 aromatic heterocycles. The van der Waals surface area contributed by atoms with Crippen molar-refractivity contribution in [2.75, 3.05) is 6.54 Å². The number of benzene rings is 2. The maximum atomic E-state index is 13.7. The lowest BCUT2D eigenvalue weighted by Crippen LogP contribution is -2.31. The number of nitrogens with two attached hydrogens (primary N) is 1. The van der Waals surface area contributed by atoms with Crippen molar-refractivity contribution in [3.05, 3.63) is 69.2 Å². The van der Waals surface area contributed by atoms with Crippen LogP contribution in [0.2, 0.25) is 0 Å². The summed E-state index contributed by atoms with van der Waals surface area (Å²) in [6.45, 7) is 1.85. The third kappa shape index (κ3) is 4.77. The molecule has 136 valence electrons. The zero-order chi connectivity index (χ0) is 18.8. The number of nitrogens with one attached hydrogen (secondary N) is 1. The van der Waals surface area contributed by atoms with E-state index in [0.717, 1.165) is 6.07 Å². The molecule has 0 fully saturated rings. The Kier molecular flexibility index (Phi) is 6.18. The first-order valence-corrected chi connectivity index (χ1v) is 8.20. The summed E-state index contributed by atoms with van der Waals surface area (Å²) >= 11 is 3.26. The SMILES string of the molecule is CC(NC(CN)c1ccc(F)cc1Br)c1ccc(C(F)(F)F)c(F)c1. The highest BCUT2D eigenvalue weighted by atomic mass is 79.9. The van der Waals surface area contributed by atoms with Gasteiger partial charge in [-0.2, -0.15) is 13.2 Å². The zero-order valence-corrected chi connectivity index (χ0v) is 14.8. The minimum absolute atomic E-state index is 0.164. The number of alkyl halides is 3. The fraction of sp³-hybridized carbons (Fsp3) is 0.294. The number of hydrogen-bond acceptors (Lipinski definition) is 2. The Balaban J connectivity index is 2.22. The van der Waals surface area contributed by atoms with E-state index < -0.39 is 35.5 Å². The van der Waals surface area contributed by atoms with Crippen molar-refractivity contribution >= 4 is 15.9 Å². The van der Waals surface area contributed by atoms with Gasteiger partial charge in [-0.15, -0.1) is 0 Å². The molecule has 0 bridgehead atoms. The maximum absolute atomic E-state index is 13.7. The largest absolute Gasteiger partial charge is 0.419 e. The summed E-state index contributed by atoms with van der Waals surface area (Å²) in [5, 5.41) is 3.12. The smallest absolute Gasteiger partial charge is 0.329 e. The van der Waals surface area contributed by atoms with E-state index in [-0.39, 0.29) is 6.54 Å². The predicted octanol–water partition coefficient (Wildman–Crippen LogP) is 5.10. The van der Waals surface area contributed by atoms with E-state index in [1.807, 2.05) is 0 Å². The van der Waals surface area contributed by atoms with Crippen LogP contribution in [0.15, 0.2) is 40.9 Å². The van der Waals surface area contributed by atoms with E-state index in [4.69, 9.17) is 5.73 Å². The van der Waals surface area contributed by atoms with Crippen molar-refractivity contribution in [1.82, 2.24) is 5.32 Å². The minimum atomic E-state index is -4.74. The van der Waals surface area contributed by atoms with Gasteiger partial charge in [-0.05, 0) is 42.3 Å². The van der Waals surface area contributed by atoms with Crippen LogP contribution in [-0.4, -0.2) is 6.54 Å². The van der Waals surface area contributed by atoms with E-state index in [1.165, 1.54) is 18.2 Å². The van der Waals surface area contributed by atoms with E-state index in [1.54, 1.807) is 13.0 Å². The molecule has 0 radical (unpaired) electrons. The molecule has 0 aliphatic heterocycles. The zero-order valence-electron chi connectivity index (χ0n) is 13.2. The Morgan fingerprint density at radius 1 is 1.12 bits per heavy atom. The van der Waals surface area contributed by atoms with Crippen LogP contribution in [0.1, 0.15) is 35.7 Å². The fourth-order valence-electron chi connectivity index (χ4n) is 2.50. The summed E-state index contributed by atoms with van der Waals surface area (Å²) in [5.41, 5.74) is 5.49. The molecular formula is C17H16BrF5N2. The lowest BCUT2D eigenvalue weighted by atomic mass is 10.0. The van der Waals surface area contributed by atoms with Crippen molar-refractivity contribution in [3.8, 4) is 0 Å². The molecule has 25 heavy (non-hydrogen) atoms. The average molecular weight is 423 g/mol. The van der Waals surface area contributed by atoms with Gasteiger partial charge in [0.1, 0.15) is 11.6 Å². The molecule has 0 saturated carbocycles. The highest BCUT2D eigenvalue weighted by molar-refractivity contribution is 9.10. The van der Waals surface area contributed by atoms with Gasteiger partial charge < -0.3 is 11.1 Å². The lowest BCUT2D eigenvalue weighted by Gasteiger charge is -2.24. The monoisotopic (exact) mass is 422 g/mol. The summed E-state index contributed by atoms with van der Waals surface area (Å²) < 4.78 is 65.4. The van der Waals surface area contributed by atoms with Crippen LogP contribution in [0.25, 0.3) is 0 Å². The molecule has 0 heterocycles. The normalized spacial score (nSPS) is 14.4. The second-order valence-corrected chi connectivity index (χ2v) is 6.43. The quantitative estimate of drug-likeness (QED) is 0.658. The van der Waals surface area contributed by atoms with Gasteiger partial charge in [0.2, 0.25) is 0 Å². The summed E-state index contributed by atoms with van der Waals surface area (Å²) in [4.78, 5) is 0. The van der Waals surface area contributed by atoms with Gasteiger partial charge in [0.15, 0.2) is 0 Å². The molecule has 0 saturated heterocycles. The van der Waals surface area contributed by atoms with E-state index in [9.17, 15) is 22.0 Å². The summed E-state index contributed by atoms with van der Waals surface area (Å²) in [6, 6.07) is 6.07. The van der Waals surface area contributed by atoms with Gasteiger partial charge in [0, 0.05) is 23.1 Å². The minimum Gasteiger partial charge on any atom is -0.329 e. The standard InChI is InChI=1S/C17H16BrF5N2/c1-9(10-2-5-13(15(20)6-10)17(21,22)23)25-16(8-24)12-4-3-11(19)7-14(12)18/h2-7,9,16,25H,8,24H2,1H3. The highest BCUT2D eigenvalue weighted by Crippen LogP contribution is 2.33. The van der Waals surface area contributed by atoms with E-state index >= 15 is 0 Å². The molecular weight excluding hydrogens is 407 g/mol. The van der Waals surface area contributed by atoms with Crippen LogP contribution in [-0.2, 0) is 6.18 Å². The summed E-state index contributed by atoms with van der Waals surface area (Å²) in [5.74, 6) is -1.74. The van der Waals surface area contributed by atoms with Crippen molar-refractivity contribution < 1.29 is 22.0 Å². The second-order valence-electron chi connectivity index (χ2n) is 5.58. The molecule has 2 rings (SSSR count). The Morgan fingerprint density at radius 3 is 2.32 bits per heavy atom. The third-order valence-corrected chi connectivity index (χ3v) is 4.51. The molecule has 2 nitrogen and oxygen atoms in total. The molecule has 0 amide bonds. The first-order chi connectivity index (χ1) is 11.6. The van der Waals surface area contributed by atoms with Crippen LogP contribution < -0.4 is 11.1 Å². The first kappa shape index (κ1) is 19.8. The summed E-state index contributed by atoms with van der Waals surface area (Å²) in [6.07, 6.45) is -4.74. The Hall–Kier alpha value is -1.51. The van der Waals surface area contributed by atoms with Crippen LogP contribution in [0.5, 0.6) is 0 Å². The van der Waals surface area contributed by atoms with Gasteiger partial charge in [0.25, 0.3) is 0 Å². The predicted molar refractivity (Wildman–Crippen MR) is 88.8 cm³/mol. The molecule has 0 aliphatic rings. The van der Waals surface area contributed by atoms with Crippen molar-refractivity contribution in [1.29, 1.82) is 0 Å². The van der Waals surface area contributed by atoms with E-state index in [0.29, 0.717) is 21.7 Å². The third-order valence-electron chi connectivity index (χ3n) is 3.82. The van der Waals surface area contributed by atoms with Crippen molar-refractivity contribution in [3.63, 3.8) is 0 Å². The van der Waals surface area contributed by atoms with Crippen LogP contribution >= 0.6 is 15.9 Å². The molecule has 2 aromatic rings. The van der Waals surface area contributed by atoms with Crippen LogP contribution in [0, 0.1) is 11.6 Å². The number of halogens is 6. The van der Waals surface area contributed by atoms with Gasteiger partial charge in [-0.25, -0.2) is 8.78 Å². The van der Waals surface area contributed by atoms with Gasteiger partial charge in [0.05, 0.1) is 5.56 Å². The van der Waals surface area contributed by atoms with Gasteiger partial charge in [-0.3, -0.25) is 0 Å². The Morgan fingerprint density at radius 2 is 1.80 bits per heavy atom.